The summed E-state index contributed by atoms with van der Waals surface area (Å²) < 4.78 is 19.1. The van der Waals surface area contributed by atoms with Gasteiger partial charge in [0.2, 0.25) is 0 Å². The second-order valence-electron chi connectivity index (χ2n) is 2.72. The lowest BCUT2D eigenvalue weighted by Gasteiger charge is -2.04. The lowest BCUT2D eigenvalue weighted by atomic mass is 10.2. The van der Waals surface area contributed by atoms with Crippen molar-refractivity contribution in [2.45, 2.75) is 26.2 Å². The Balaban J connectivity index is 3.15. The van der Waals surface area contributed by atoms with E-state index in [9.17, 15) is 9.36 Å². The van der Waals surface area contributed by atoms with E-state index in [1.54, 1.807) is 0 Å². The molecule has 0 saturated carbocycles. The predicted octanol–water partition coefficient (Wildman–Crippen LogP) is 0.829. The fourth-order valence-electron chi connectivity index (χ4n) is 0.780. The van der Waals surface area contributed by atoms with Crippen LogP contribution in [-0.4, -0.2) is 29.0 Å². The van der Waals surface area contributed by atoms with Gasteiger partial charge in [0.25, 0.3) is 0 Å². The van der Waals surface area contributed by atoms with E-state index >= 15 is 0 Å². The highest BCUT2D eigenvalue weighted by molar-refractivity contribution is 7.46. The molecular formula is C7H15O6P. The van der Waals surface area contributed by atoms with Crippen molar-refractivity contribution in [2.24, 2.45) is 0 Å². The molecule has 6 nitrogen and oxygen atoms in total. The van der Waals surface area contributed by atoms with Gasteiger partial charge in [-0.05, 0) is 19.3 Å². The largest absolute Gasteiger partial charge is 0.469 e. The van der Waals surface area contributed by atoms with Crippen LogP contribution >= 0.6 is 7.82 Å². The van der Waals surface area contributed by atoms with E-state index in [2.05, 4.69) is 9.26 Å². The maximum absolute atomic E-state index is 10.3. The van der Waals surface area contributed by atoms with Crippen LogP contribution in [0.4, 0.5) is 0 Å². The molecule has 0 aromatic carbocycles. The fourth-order valence-corrected chi connectivity index (χ4v) is 1.15. The average molecular weight is 226 g/mol. The zero-order chi connectivity index (χ0) is 11.0. The highest BCUT2D eigenvalue weighted by Gasteiger charge is 2.12. The summed E-state index contributed by atoms with van der Waals surface area (Å²) in [7, 11) is -4.32. The third-order valence-corrected chi connectivity index (χ3v) is 1.87. The zero-order valence-corrected chi connectivity index (χ0v) is 8.90. The average Bonchev–Trinajstić information content (AvgIpc) is 2.00. The van der Waals surface area contributed by atoms with Crippen LogP contribution in [0.2, 0.25) is 0 Å². The number of esters is 1. The highest BCUT2D eigenvalue weighted by Crippen LogP contribution is 2.35. The molecule has 0 spiro atoms. The second kappa shape index (κ2) is 6.95. The molecule has 0 aliphatic rings. The number of hydrogen-bond donors (Lipinski definition) is 2. The van der Waals surface area contributed by atoms with E-state index in [4.69, 9.17) is 9.79 Å². The predicted molar refractivity (Wildman–Crippen MR) is 48.5 cm³/mol. The summed E-state index contributed by atoms with van der Waals surface area (Å²) in [6, 6.07) is 0. The van der Waals surface area contributed by atoms with Gasteiger partial charge in [0.15, 0.2) is 0 Å². The Labute approximate surface area is 82.5 Å². The van der Waals surface area contributed by atoms with E-state index in [1.807, 2.05) is 0 Å². The normalized spacial score (nSPS) is 11.4. The molecule has 7 heteroatoms. The molecule has 0 unspecified atom stereocenters. The molecule has 0 amide bonds. The molecule has 14 heavy (non-hydrogen) atoms. The van der Waals surface area contributed by atoms with E-state index in [0.717, 1.165) is 0 Å². The first-order chi connectivity index (χ1) is 6.42. The molecule has 0 radical (unpaired) electrons. The second-order valence-corrected chi connectivity index (χ2v) is 3.96. The quantitative estimate of drug-likeness (QED) is 0.379. The van der Waals surface area contributed by atoms with Crippen molar-refractivity contribution in [1.82, 2.24) is 0 Å². The summed E-state index contributed by atoms with van der Waals surface area (Å²) in [6.45, 7) is 1.69. The summed E-state index contributed by atoms with van der Waals surface area (Å²) in [6.07, 6.45) is 1.91. The number of phosphoric acid groups is 1. The van der Waals surface area contributed by atoms with Gasteiger partial charge in [-0.15, -0.1) is 0 Å². The van der Waals surface area contributed by atoms with Crippen molar-refractivity contribution in [2.75, 3.05) is 13.2 Å². The summed E-state index contributed by atoms with van der Waals surface area (Å²) >= 11 is 0. The van der Waals surface area contributed by atoms with Gasteiger partial charge in [-0.25, -0.2) is 4.57 Å². The molecule has 0 aliphatic carbocycles. The van der Waals surface area contributed by atoms with Gasteiger partial charge in [-0.2, -0.15) is 0 Å². The van der Waals surface area contributed by atoms with Crippen LogP contribution in [0.25, 0.3) is 0 Å². The minimum atomic E-state index is -4.32. The number of hydrogen-bond acceptors (Lipinski definition) is 4. The van der Waals surface area contributed by atoms with E-state index < -0.39 is 7.82 Å². The number of rotatable bonds is 7. The van der Waals surface area contributed by atoms with Gasteiger partial charge in [-0.3, -0.25) is 9.32 Å². The van der Waals surface area contributed by atoms with Crippen LogP contribution < -0.4 is 0 Å². The fraction of sp³-hybridized carbons (Fsp3) is 0.857. The van der Waals surface area contributed by atoms with Gasteiger partial charge in [-0.1, -0.05) is 0 Å². The maximum atomic E-state index is 10.3. The summed E-state index contributed by atoms with van der Waals surface area (Å²) in [5.74, 6) is -0.323. The van der Waals surface area contributed by atoms with Crippen LogP contribution in [0.15, 0.2) is 0 Å². The van der Waals surface area contributed by atoms with Crippen molar-refractivity contribution in [3.05, 3.63) is 0 Å². The number of unbranched alkanes of at least 4 members (excludes halogenated alkanes) is 2. The number of phosphoric ester groups is 1. The minimum absolute atomic E-state index is 0.0182. The molecule has 2 N–H and O–H groups in total. The summed E-state index contributed by atoms with van der Waals surface area (Å²) in [4.78, 5) is 26.9. The third kappa shape index (κ3) is 11.6. The maximum Gasteiger partial charge on any atom is 0.469 e. The van der Waals surface area contributed by atoms with Crippen molar-refractivity contribution in [3.8, 4) is 0 Å². The van der Waals surface area contributed by atoms with Crippen molar-refractivity contribution >= 4 is 13.8 Å². The molecule has 0 saturated heterocycles. The summed E-state index contributed by atoms with van der Waals surface area (Å²) in [5, 5.41) is 0. The summed E-state index contributed by atoms with van der Waals surface area (Å²) in [5.41, 5.74) is 0. The zero-order valence-electron chi connectivity index (χ0n) is 8.01. The van der Waals surface area contributed by atoms with Gasteiger partial charge in [0.05, 0.1) is 13.2 Å². The standard InChI is InChI=1S/C7H15O6P/c1-7(8)12-5-3-2-4-6-13-14(9,10)11/h2-6H2,1H3,(H2,9,10,11). The Bertz CT molecular complexity index is 210. The van der Waals surface area contributed by atoms with E-state index in [1.165, 1.54) is 6.92 Å². The SMILES string of the molecule is CC(=O)OCCCCCOP(=O)(O)O. The van der Waals surface area contributed by atoms with Crippen molar-refractivity contribution in [3.63, 3.8) is 0 Å². The minimum Gasteiger partial charge on any atom is -0.466 e. The van der Waals surface area contributed by atoms with Gasteiger partial charge in [0.1, 0.15) is 0 Å². The molecule has 0 atom stereocenters. The number of carbonyl (C=O) groups excluding carboxylic acids is 1. The Morgan fingerprint density at radius 3 is 2.29 bits per heavy atom. The Morgan fingerprint density at radius 2 is 1.79 bits per heavy atom. The molecule has 0 aromatic rings. The number of ether oxygens (including phenoxy) is 1. The first-order valence-electron chi connectivity index (χ1n) is 4.25. The van der Waals surface area contributed by atoms with Crippen LogP contribution in [0.1, 0.15) is 26.2 Å². The lowest BCUT2D eigenvalue weighted by Crippen LogP contribution is -2.01. The van der Waals surface area contributed by atoms with Crippen LogP contribution in [0.5, 0.6) is 0 Å². The van der Waals surface area contributed by atoms with Crippen molar-refractivity contribution in [1.29, 1.82) is 0 Å². The molecule has 0 aromatic heterocycles. The topological polar surface area (TPSA) is 93.1 Å². The Hall–Kier alpha value is -0.420. The van der Waals surface area contributed by atoms with Crippen molar-refractivity contribution < 1.29 is 28.4 Å². The molecule has 0 heterocycles. The first kappa shape index (κ1) is 13.6. The highest BCUT2D eigenvalue weighted by atomic mass is 31.2. The lowest BCUT2D eigenvalue weighted by molar-refractivity contribution is -0.141. The smallest absolute Gasteiger partial charge is 0.466 e. The molecule has 0 bridgehead atoms. The van der Waals surface area contributed by atoms with Gasteiger partial charge >= 0.3 is 13.8 Å². The van der Waals surface area contributed by atoms with Gasteiger partial charge < -0.3 is 14.5 Å². The first-order valence-corrected chi connectivity index (χ1v) is 5.78. The van der Waals surface area contributed by atoms with Crippen LogP contribution in [0, 0.1) is 0 Å². The molecule has 84 valence electrons. The van der Waals surface area contributed by atoms with E-state index in [0.29, 0.717) is 25.9 Å². The molecule has 0 fully saturated rings. The Morgan fingerprint density at radius 1 is 1.21 bits per heavy atom. The third-order valence-electron chi connectivity index (χ3n) is 1.35. The van der Waals surface area contributed by atoms with Crippen LogP contribution in [-0.2, 0) is 18.6 Å². The van der Waals surface area contributed by atoms with Crippen LogP contribution in [0.3, 0.4) is 0 Å². The molecular weight excluding hydrogens is 211 g/mol. The monoisotopic (exact) mass is 226 g/mol. The van der Waals surface area contributed by atoms with E-state index in [-0.39, 0.29) is 12.6 Å². The Kier molecular flexibility index (Phi) is 6.74. The molecule has 0 aliphatic heterocycles. The molecule has 0 rings (SSSR count). The van der Waals surface area contributed by atoms with Gasteiger partial charge in [0, 0.05) is 6.92 Å². The number of carbonyl (C=O) groups is 1.